The average molecular weight is 287 g/mol. The van der Waals surface area contributed by atoms with E-state index in [1.165, 1.54) is 6.92 Å². The molecule has 1 rings (SSSR count). The number of hydrogen-bond acceptors (Lipinski definition) is 6. The first-order valence-electron chi connectivity index (χ1n) is 6.47. The molecule has 112 valence electrons. The zero-order chi connectivity index (χ0) is 16.2. The summed E-state index contributed by atoms with van der Waals surface area (Å²) in [6.45, 7) is 4.32. The van der Waals surface area contributed by atoms with Gasteiger partial charge in [0.1, 0.15) is 11.6 Å². The van der Waals surface area contributed by atoms with E-state index in [2.05, 4.69) is 5.32 Å². The van der Waals surface area contributed by atoms with Crippen molar-refractivity contribution in [3.05, 3.63) is 12.1 Å². The van der Waals surface area contributed by atoms with E-state index in [9.17, 15) is 19.8 Å². The third-order valence-electron chi connectivity index (χ3n) is 2.04. The summed E-state index contributed by atoms with van der Waals surface area (Å²) in [4.78, 5) is 28.0. The molecule has 1 aromatic rings. The molecule has 1 atom stereocenters. The summed E-state index contributed by atoms with van der Waals surface area (Å²) in [5.41, 5.74) is -0.981. The fraction of sp³-hybridized carbons (Fsp3) is 0.500. The second-order valence-electron chi connectivity index (χ2n) is 4.77. The molecule has 0 bridgehead atoms. The number of ether oxygens (including phenoxy) is 1. The molecule has 1 aromatic heterocycles. The van der Waals surface area contributed by atoms with E-state index >= 15 is 0 Å². The zero-order valence-corrected chi connectivity index (χ0v) is 11.4. The van der Waals surface area contributed by atoms with Crippen molar-refractivity contribution in [2.24, 2.45) is 0 Å². The van der Waals surface area contributed by atoms with Gasteiger partial charge in [-0.1, -0.05) is 0 Å². The second-order valence-corrected chi connectivity index (χ2v) is 4.77. The quantitative estimate of drug-likeness (QED) is 0.757. The van der Waals surface area contributed by atoms with Crippen molar-refractivity contribution in [3.8, 4) is 11.8 Å². The Bertz CT molecular complexity index is 508. The topological polar surface area (TPSA) is 110 Å². The van der Waals surface area contributed by atoms with E-state index in [0.717, 1.165) is 12.1 Å². The Balaban J connectivity index is 2.58. The average Bonchev–Trinajstić information content (AvgIpc) is 2.69. The molecule has 1 heterocycles. The Kier molecular flexibility index (Phi) is 4.02. The number of carbonyl (C=O) groups is 2. The van der Waals surface area contributed by atoms with Crippen molar-refractivity contribution in [1.82, 2.24) is 10.0 Å². The van der Waals surface area contributed by atoms with Gasteiger partial charge in [0.05, 0.1) is 0 Å². The monoisotopic (exact) mass is 287 g/mol. The Hall–Kier alpha value is -2.38. The van der Waals surface area contributed by atoms with E-state index in [4.69, 9.17) is 10.9 Å². The summed E-state index contributed by atoms with van der Waals surface area (Å²) in [7, 11) is 0. The van der Waals surface area contributed by atoms with Gasteiger partial charge in [-0.2, -0.15) is 0 Å². The van der Waals surface area contributed by atoms with Crippen LogP contribution in [0.1, 0.15) is 29.0 Å². The molecule has 0 aliphatic heterocycles. The Morgan fingerprint density at radius 3 is 2.45 bits per heavy atom. The van der Waals surface area contributed by atoms with Gasteiger partial charge >= 0.3 is 12.1 Å². The van der Waals surface area contributed by atoms with Gasteiger partial charge in [-0.25, -0.2) is 9.59 Å². The lowest BCUT2D eigenvalue weighted by molar-refractivity contribution is -0.147. The van der Waals surface area contributed by atoms with Crippen molar-refractivity contribution in [3.63, 3.8) is 0 Å². The SMILES string of the molecule is [2H]CC(C)(C)OC(=O)N[C@@H](C)C(=O)On1c(O)ccc1O. The van der Waals surface area contributed by atoms with Crippen LogP contribution in [0.2, 0.25) is 0 Å². The minimum Gasteiger partial charge on any atom is -0.492 e. The van der Waals surface area contributed by atoms with E-state index in [1.54, 1.807) is 13.8 Å². The maximum atomic E-state index is 11.7. The standard InChI is InChI=1S/C12H18N2O6/c1-7(13-11(18)19-12(2,3)4)10(17)20-14-8(15)5-6-9(14)16/h5-7,15-16H,1-4H3,(H,13,18)/t7-/m0/s1/i2D. The first-order chi connectivity index (χ1) is 9.66. The Morgan fingerprint density at radius 1 is 1.40 bits per heavy atom. The molecule has 0 radical (unpaired) electrons. The van der Waals surface area contributed by atoms with E-state index in [0.29, 0.717) is 4.73 Å². The number of amides is 1. The summed E-state index contributed by atoms with van der Waals surface area (Å²) in [5.74, 6) is -1.85. The van der Waals surface area contributed by atoms with Crippen molar-refractivity contribution in [2.45, 2.75) is 39.3 Å². The van der Waals surface area contributed by atoms with Gasteiger partial charge in [0, 0.05) is 13.5 Å². The van der Waals surface area contributed by atoms with E-state index in [1.807, 2.05) is 0 Å². The van der Waals surface area contributed by atoms with Crippen LogP contribution in [0, 0.1) is 0 Å². The van der Waals surface area contributed by atoms with Gasteiger partial charge < -0.3 is 25.1 Å². The molecule has 0 aliphatic carbocycles. The highest BCUT2D eigenvalue weighted by Gasteiger charge is 2.23. The first-order valence-corrected chi connectivity index (χ1v) is 5.77. The van der Waals surface area contributed by atoms with Crippen LogP contribution in [-0.2, 0) is 9.53 Å². The van der Waals surface area contributed by atoms with Crippen LogP contribution in [0.3, 0.4) is 0 Å². The molecular weight excluding hydrogens is 268 g/mol. The number of rotatable bonds is 3. The van der Waals surface area contributed by atoms with Crippen LogP contribution < -0.4 is 10.2 Å². The molecule has 0 saturated carbocycles. The highest BCUT2D eigenvalue weighted by molar-refractivity contribution is 5.81. The van der Waals surface area contributed by atoms with Crippen LogP contribution in [0.15, 0.2) is 12.1 Å². The first kappa shape index (κ1) is 14.0. The van der Waals surface area contributed by atoms with Gasteiger partial charge in [-0.05, 0) is 27.7 Å². The van der Waals surface area contributed by atoms with Gasteiger partial charge in [-0.3, -0.25) is 0 Å². The predicted molar refractivity (Wildman–Crippen MR) is 68.2 cm³/mol. The third-order valence-corrected chi connectivity index (χ3v) is 2.04. The molecule has 0 fully saturated rings. The molecule has 0 aliphatic rings. The molecule has 1 amide bonds. The fourth-order valence-corrected chi connectivity index (χ4v) is 1.18. The van der Waals surface area contributed by atoms with Gasteiger partial charge in [-0.15, -0.1) is 4.73 Å². The smallest absolute Gasteiger partial charge is 0.408 e. The van der Waals surface area contributed by atoms with E-state index < -0.39 is 35.5 Å². The molecule has 20 heavy (non-hydrogen) atoms. The lowest BCUT2D eigenvalue weighted by Crippen LogP contribution is -2.44. The molecule has 8 heteroatoms. The largest absolute Gasteiger partial charge is 0.492 e. The number of aromatic nitrogens is 1. The van der Waals surface area contributed by atoms with Gasteiger partial charge in [0.25, 0.3) is 0 Å². The number of alkyl carbamates (subject to hydrolysis) is 1. The van der Waals surface area contributed by atoms with Crippen LogP contribution in [0.5, 0.6) is 11.8 Å². The van der Waals surface area contributed by atoms with Gasteiger partial charge in [0.15, 0.2) is 0 Å². The summed E-state index contributed by atoms with van der Waals surface area (Å²) in [6.07, 6.45) is -0.877. The Labute approximate surface area is 117 Å². The summed E-state index contributed by atoms with van der Waals surface area (Å²) < 4.78 is 12.6. The molecule has 0 spiro atoms. The molecule has 8 nitrogen and oxygen atoms in total. The maximum absolute atomic E-state index is 11.7. The number of nitrogens with one attached hydrogen (secondary N) is 1. The molecule has 3 N–H and O–H groups in total. The minimum absolute atomic E-state index is 0.135. The number of nitrogens with zero attached hydrogens (tertiary/aromatic N) is 1. The molecule has 0 saturated heterocycles. The third kappa shape index (κ3) is 4.38. The van der Waals surface area contributed by atoms with Crippen molar-refractivity contribution in [1.29, 1.82) is 0 Å². The predicted octanol–water partition coefficient (Wildman–Crippen LogP) is 0.768. The number of hydrogen-bond donors (Lipinski definition) is 3. The van der Waals surface area contributed by atoms with Crippen molar-refractivity contribution in [2.75, 3.05) is 0 Å². The second kappa shape index (κ2) is 5.72. The van der Waals surface area contributed by atoms with Crippen LogP contribution in [0.4, 0.5) is 4.79 Å². The van der Waals surface area contributed by atoms with E-state index in [-0.39, 0.29) is 6.90 Å². The maximum Gasteiger partial charge on any atom is 0.408 e. The fourth-order valence-electron chi connectivity index (χ4n) is 1.18. The molecular formula is C12H18N2O6. The minimum atomic E-state index is -1.08. The summed E-state index contributed by atoms with van der Waals surface area (Å²) in [6, 6.07) is 1.18. The normalized spacial score (nSPS) is 13.2. The highest BCUT2D eigenvalue weighted by Crippen LogP contribution is 2.18. The highest BCUT2D eigenvalue weighted by atomic mass is 16.7. The van der Waals surface area contributed by atoms with Crippen LogP contribution in [0.25, 0.3) is 0 Å². The van der Waals surface area contributed by atoms with Crippen LogP contribution >= 0.6 is 0 Å². The summed E-state index contributed by atoms with van der Waals surface area (Å²) >= 11 is 0. The number of aromatic hydroxyl groups is 2. The van der Waals surface area contributed by atoms with Crippen LogP contribution in [-0.4, -0.2) is 38.6 Å². The lowest BCUT2D eigenvalue weighted by Gasteiger charge is -2.21. The lowest BCUT2D eigenvalue weighted by atomic mass is 10.2. The summed E-state index contributed by atoms with van der Waals surface area (Å²) in [5, 5.41) is 20.9. The zero-order valence-electron chi connectivity index (χ0n) is 12.4. The molecule has 0 unspecified atom stereocenters. The van der Waals surface area contributed by atoms with Crippen molar-refractivity contribution < 1.29 is 30.7 Å². The molecule has 0 aromatic carbocycles. The number of carbonyl (C=O) groups excluding carboxylic acids is 2. The van der Waals surface area contributed by atoms with Crippen molar-refractivity contribution >= 4 is 12.1 Å². The Morgan fingerprint density at radius 2 is 1.95 bits per heavy atom. The van der Waals surface area contributed by atoms with Gasteiger partial charge in [0.2, 0.25) is 11.8 Å².